The molecule has 1 aromatic rings. The number of carbonyl (C=O) groups is 1. The summed E-state index contributed by atoms with van der Waals surface area (Å²) in [7, 11) is 0. The van der Waals surface area contributed by atoms with Crippen molar-refractivity contribution in [3.63, 3.8) is 0 Å². The van der Waals surface area contributed by atoms with Gasteiger partial charge in [0, 0.05) is 19.0 Å². The molecule has 1 N–H and O–H groups in total. The third-order valence-electron chi connectivity index (χ3n) is 5.32. The van der Waals surface area contributed by atoms with E-state index in [-0.39, 0.29) is 11.8 Å². The maximum absolute atomic E-state index is 12.4. The summed E-state index contributed by atoms with van der Waals surface area (Å²) in [5.74, 6) is 0.458. The third-order valence-corrected chi connectivity index (χ3v) is 5.32. The van der Waals surface area contributed by atoms with E-state index in [1.165, 1.54) is 36.0 Å². The van der Waals surface area contributed by atoms with Crippen molar-refractivity contribution >= 4 is 5.91 Å². The number of hydrogen-bond acceptors (Lipinski definition) is 2. The smallest absolute Gasteiger partial charge is 0.223 e. The summed E-state index contributed by atoms with van der Waals surface area (Å²) in [4.78, 5) is 14.9. The standard InChI is InChI=1S/C21H30N2O/c1-17-6-5-9-19(14-17)16-23-12-10-20(11-13-23)21(24)22-15-18-7-3-2-4-8-18/h5-7,9,14,20H,2-4,8,10-13,15-16H2,1H3,(H,22,24). The predicted molar refractivity (Wildman–Crippen MR) is 98.7 cm³/mol. The fourth-order valence-corrected chi connectivity index (χ4v) is 3.83. The largest absolute Gasteiger partial charge is 0.352 e. The van der Waals surface area contributed by atoms with E-state index >= 15 is 0 Å². The molecule has 24 heavy (non-hydrogen) atoms. The van der Waals surface area contributed by atoms with Gasteiger partial charge in [0.1, 0.15) is 0 Å². The molecule has 3 nitrogen and oxygen atoms in total. The second kappa shape index (κ2) is 8.48. The maximum Gasteiger partial charge on any atom is 0.223 e. The molecule has 3 rings (SSSR count). The number of aryl methyl sites for hydroxylation is 1. The van der Waals surface area contributed by atoms with Gasteiger partial charge in [-0.05, 0) is 64.1 Å². The zero-order valence-corrected chi connectivity index (χ0v) is 14.9. The van der Waals surface area contributed by atoms with Crippen LogP contribution in [0.1, 0.15) is 49.7 Å². The van der Waals surface area contributed by atoms with Crippen molar-refractivity contribution in [1.82, 2.24) is 10.2 Å². The van der Waals surface area contributed by atoms with Crippen LogP contribution in [0, 0.1) is 12.8 Å². The van der Waals surface area contributed by atoms with E-state index in [1.54, 1.807) is 0 Å². The molecule has 0 unspecified atom stereocenters. The van der Waals surface area contributed by atoms with Crippen molar-refractivity contribution in [1.29, 1.82) is 0 Å². The summed E-state index contributed by atoms with van der Waals surface area (Å²) in [5.41, 5.74) is 4.12. The van der Waals surface area contributed by atoms with Gasteiger partial charge in [0.05, 0.1) is 0 Å². The Hall–Kier alpha value is -1.61. The van der Waals surface area contributed by atoms with Gasteiger partial charge in [-0.1, -0.05) is 41.5 Å². The SMILES string of the molecule is Cc1cccc(CN2CCC(C(=O)NCC3=CCCCC3)CC2)c1. The highest BCUT2D eigenvalue weighted by molar-refractivity contribution is 5.79. The minimum atomic E-state index is 0.197. The van der Waals surface area contributed by atoms with Gasteiger partial charge in [0.2, 0.25) is 5.91 Å². The van der Waals surface area contributed by atoms with E-state index in [0.717, 1.165) is 45.4 Å². The number of nitrogens with zero attached hydrogens (tertiary/aromatic N) is 1. The molecule has 1 aliphatic carbocycles. The molecular weight excluding hydrogens is 296 g/mol. The molecule has 1 saturated heterocycles. The highest BCUT2D eigenvalue weighted by Gasteiger charge is 2.24. The molecule has 0 aromatic heterocycles. The van der Waals surface area contributed by atoms with Crippen LogP contribution in [0.25, 0.3) is 0 Å². The van der Waals surface area contributed by atoms with Crippen LogP contribution in [0.5, 0.6) is 0 Å². The quantitative estimate of drug-likeness (QED) is 0.834. The Kier molecular flexibility index (Phi) is 6.08. The molecular formula is C21H30N2O. The highest BCUT2D eigenvalue weighted by atomic mass is 16.1. The average Bonchev–Trinajstić information content (AvgIpc) is 2.61. The lowest BCUT2D eigenvalue weighted by Crippen LogP contribution is -2.40. The van der Waals surface area contributed by atoms with Crippen LogP contribution in [0.3, 0.4) is 0 Å². The number of allylic oxidation sites excluding steroid dienone is 1. The zero-order chi connectivity index (χ0) is 16.8. The summed E-state index contributed by atoms with van der Waals surface area (Å²) in [6.45, 7) is 5.95. The van der Waals surface area contributed by atoms with E-state index in [1.807, 2.05) is 0 Å². The van der Waals surface area contributed by atoms with Crippen molar-refractivity contribution < 1.29 is 4.79 Å². The second-order valence-corrected chi connectivity index (χ2v) is 7.37. The van der Waals surface area contributed by atoms with Gasteiger partial charge in [0.15, 0.2) is 0 Å². The second-order valence-electron chi connectivity index (χ2n) is 7.37. The van der Waals surface area contributed by atoms with Gasteiger partial charge in [-0.25, -0.2) is 0 Å². The predicted octanol–water partition coefficient (Wildman–Crippen LogP) is 3.82. The fourth-order valence-electron chi connectivity index (χ4n) is 3.83. The molecule has 3 heteroatoms. The molecule has 1 amide bonds. The normalized spacial score (nSPS) is 19.8. The van der Waals surface area contributed by atoms with Gasteiger partial charge >= 0.3 is 0 Å². The maximum atomic E-state index is 12.4. The average molecular weight is 326 g/mol. The van der Waals surface area contributed by atoms with Crippen molar-refractivity contribution in [2.75, 3.05) is 19.6 Å². The summed E-state index contributed by atoms with van der Waals surface area (Å²) in [6.07, 6.45) is 9.20. The molecule has 1 aromatic carbocycles. The van der Waals surface area contributed by atoms with Crippen LogP contribution in [-0.4, -0.2) is 30.4 Å². The van der Waals surface area contributed by atoms with E-state index in [9.17, 15) is 4.79 Å². The van der Waals surface area contributed by atoms with Gasteiger partial charge in [-0.15, -0.1) is 0 Å². The topological polar surface area (TPSA) is 32.3 Å². The first-order valence-corrected chi connectivity index (χ1v) is 9.44. The minimum absolute atomic E-state index is 0.197. The number of likely N-dealkylation sites (tertiary alicyclic amines) is 1. The number of amides is 1. The Morgan fingerprint density at radius 1 is 1.25 bits per heavy atom. The van der Waals surface area contributed by atoms with E-state index in [4.69, 9.17) is 0 Å². The lowest BCUT2D eigenvalue weighted by Gasteiger charge is -2.31. The van der Waals surface area contributed by atoms with Crippen molar-refractivity contribution in [3.8, 4) is 0 Å². The lowest BCUT2D eigenvalue weighted by molar-refractivity contribution is -0.126. The number of piperidine rings is 1. The van der Waals surface area contributed by atoms with Crippen LogP contribution in [0.2, 0.25) is 0 Å². The summed E-state index contributed by atoms with van der Waals surface area (Å²) in [5, 5.41) is 3.17. The van der Waals surface area contributed by atoms with E-state index in [0.29, 0.717) is 0 Å². The minimum Gasteiger partial charge on any atom is -0.352 e. The van der Waals surface area contributed by atoms with Crippen LogP contribution < -0.4 is 5.32 Å². The number of benzene rings is 1. The van der Waals surface area contributed by atoms with Crippen LogP contribution in [0.4, 0.5) is 0 Å². The van der Waals surface area contributed by atoms with Crippen LogP contribution in [0.15, 0.2) is 35.9 Å². The van der Waals surface area contributed by atoms with Gasteiger partial charge in [0.25, 0.3) is 0 Å². The molecule has 1 fully saturated rings. The van der Waals surface area contributed by atoms with Crippen LogP contribution >= 0.6 is 0 Å². The molecule has 1 aliphatic heterocycles. The molecule has 0 bridgehead atoms. The highest BCUT2D eigenvalue weighted by Crippen LogP contribution is 2.20. The van der Waals surface area contributed by atoms with E-state index < -0.39 is 0 Å². The molecule has 0 saturated carbocycles. The Balaban J connectivity index is 1.41. The summed E-state index contributed by atoms with van der Waals surface area (Å²) in [6, 6.07) is 8.73. The lowest BCUT2D eigenvalue weighted by atomic mass is 9.95. The van der Waals surface area contributed by atoms with Gasteiger partial charge < -0.3 is 5.32 Å². The molecule has 0 spiro atoms. The first-order chi connectivity index (χ1) is 11.7. The molecule has 130 valence electrons. The molecule has 1 heterocycles. The van der Waals surface area contributed by atoms with Crippen molar-refractivity contribution in [3.05, 3.63) is 47.0 Å². The molecule has 2 aliphatic rings. The fraction of sp³-hybridized carbons (Fsp3) is 0.571. The number of carbonyl (C=O) groups excluding carboxylic acids is 1. The number of nitrogens with one attached hydrogen (secondary N) is 1. The summed E-state index contributed by atoms with van der Waals surface area (Å²) >= 11 is 0. The molecule has 0 atom stereocenters. The summed E-state index contributed by atoms with van der Waals surface area (Å²) < 4.78 is 0. The van der Waals surface area contributed by atoms with Crippen LogP contribution in [-0.2, 0) is 11.3 Å². The first-order valence-electron chi connectivity index (χ1n) is 9.44. The van der Waals surface area contributed by atoms with Gasteiger partial charge in [-0.2, -0.15) is 0 Å². The monoisotopic (exact) mass is 326 g/mol. The number of rotatable bonds is 5. The third kappa shape index (κ3) is 4.94. The Morgan fingerprint density at radius 3 is 2.79 bits per heavy atom. The zero-order valence-electron chi connectivity index (χ0n) is 14.9. The Morgan fingerprint density at radius 2 is 2.08 bits per heavy atom. The Bertz CT molecular complexity index is 585. The van der Waals surface area contributed by atoms with Crippen molar-refractivity contribution in [2.24, 2.45) is 5.92 Å². The first kappa shape index (κ1) is 17.2. The number of hydrogen-bond donors (Lipinski definition) is 1. The van der Waals surface area contributed by atoms with Gasteiger partial charge in [-0.3, -0.25) is 9.69 Å². The Labute approximate surface area is 146 Å². The van der Waals surface area contributed by atoms with Crippen molar-refractivity contribution in [2.45, 2.75) is 52.0 Å². The molecule has 0 radical (unpaired) electrons. The van der Waals surface area contributed by atoms with E-state index in [2.05, 4.69) is 47.5 Å².